The van der Waals surface area contributed by atoms with Crippen LogP contribution >= 0.6 is 0 Å². The van der Waals surface area contributed by atoms with Crippen LogP contribution in [0.2, 0.25) is 0 Å². The van der Waals surface area contributed by atoms with Gasteiger partial charge in [0, 0.05) is 19.3 Å². The standard InChI is InChI=1S/C77H132O6/c1-4-7-10-13-16-19-22-25-28-30-32-34-35-36-37-38-39-40-41-43-44-46-49-52-55-58-61-64-67-70-76(79)82-73-74(72-81-75(78)69-66-63-60-57-54-51-48-27-24-21-18-15-12-9-6-3)83-77(80)71-68-65-62-59-56-53-50-47-45-42-33-31-29-26-23-20-17-14-11-8-5-2/h9,12,18,21-23,25-27,30-33,35-36,48,54,57,74H,4-8,10-11,13-17,19-20,24,28-29,34,37-47,49-53,55-56,58-73H2,1-3H3/b12-9-,21-18-,25-22-,26-23-,32-30-,33-31-,36-35-,48-27-,57-54-. The van der Waals surface area contributed by atoms with E-state index in [0.29, 0.717) is 19.3 Å². The number of esters is 3. The van der Waals surface area contributed by atoms with Crippen molar-refractivity contribution in [3.05, 3.63) is 109 Å². The summed E-state index contributed by atoms with van der Waals surface area (Å²) in [5.41, 5.74) is 0. The summed E-state index contributed by atoms with van der Waals surface area (Å²) in [6, 6.07) is 0. The lowest BCUT2D eigenvalue weighted by Gasteiger charge is -2.18. The number of carbonyl (C=O) groups is 3. The zero-order valence-corrected chi connectivity index (χ0v) is 54.7. The third-order valence-corrected chi connectivity index (χ3v) is 15.2. The molecule has 83 heavy (non-hydrogen) atoms. The Kier molecular flexibility index (Phi) is 67.2. The quantitative estimate of drug-likeness (QED) is 0.0261. The van der Waals surface area contributed by atoms with E-state index >= 15 is 0 Å². The summed E-state index contributed by atoms with van der Waals surface area (Å²) in [6.45, 7) is 6.50. The van der Waals surface area contributed by atoms with Gasteiger partial charge >= 0.3 is 17.9 Å². The van der Waals surface area contributed by atoms with Gasteiger partial charge in [-0.15, -0.1) is 0 Å². The maximum absolute atomic E-state index is 13.0. The van der Waals surface area contributed by atoms with Crippen molar-refractivity contribution in [3.8, 4) is 0 Å². The van der Waals surface area contributed by atoms with Gasteiger partial charge in [0.15, 0.2) is 6.10 Å². The number of hydrogen-bond donors (Lipinski definition) is 0. The van der Waals surface area contributed by atoms with Gasteiger partial charge in [-0.2, -0.15) is 0 Å². The number of allylic oxidation sites excluding steroid dienone is 18. The molecule has 6 heteroatoms. The van der Waals surface area contributed by atoms with Crippen LogP contribution in [0.1, 0.15) is 342 Å². The molecule has 1 atom stereocenters. The molecule has 0 N–H and O–H groups in total. The van der Waals surface area contributed by atoms with Gasteiger partial charge in [0.05, 0.1) is 0 Å². The molecule has 0 rings (SSSR count). The normalized spacial score (nSPS) is 12.8. The molecule has 0 spiro atoms. The summed E-state index contributed by atoms with van der Waals surface area (Å²) < 4.78 is 16.9. The molecule has 0 radical (unpaired) electrons. The summed E-state index contributed by atoms with van der Waals surface area (Å²) in [6.07, 6.45) is 96.9. The van der Waals surface area contributed by atoms with Crippen LogP contribution in [-0.2, 0) is 28.6 Å². The summed E-state index contributed by atoms with van der Waals surface area (Å²) in [7, 11) is 0. The molecule has 0 aliphatic carbocycles. The van der Waals surface area contributed by atoms with Gasteiger partial charge < -0.3 is 14.2 Å². The van der Waals surface area contributed by atoms with Gasteiger partial charge in [-0.25, -0.2) is 0 Å². The Hall–Kier alpha value is -3.93. The third kappa shape index (κ3) is 68.7. The van der Waals surface area contributed by atoms with Gasteiger partial charge in [-0.1, -0.05) is 304 Å². The largest absolute Gasteiger partial charge is 0.462 e. The molecule has 0 aliphatic heterocycles. The van der Waals surface area contributed by atoms with E-state index in [9.17, 15) is 14.4 Å². The number of carbonyl (C=O) groups excluding carboxylic acids is 3. The van der Waals surface area contributed by atoms with Crippen LogP contribution in [0.5, 0.6) is 0 Å². The van der Waals surface area contributed by atoms with E-state index in [1.807, 2.05) is 0 Å². The molecule has 0 saturated carbocycles. The highest BCUT2D eigenvalue weighted by molar-refractivity contribution is 5.71. The second-order valence-corrected chi connectivity index (χ2v) is 23.4. The molecule has 476 valence electrons. The minimum Gasteiger partial charge on any atom is -0.462 e. The smallest absolute Gasteiger partial charge is 0.306 e. The zero-order chi connectivity index (χ0) is 59.9. The fourth-order valence-corrected chi connectivity index (χ4v) is 9.94. The van der Waals surface area contributed by atoms with Gasteiger partial charge in [-0.3, -0.25) is 14.4 Å². The molecular formula is C77H132O6. The monoisotopic (exact) mass is 1150 g/mol. The summed E-state index contributed by atoms with van der Waals surface area (Å²) in [4.78, 5) is 38.4. The van der Waals surface area contributed by atoms with Gasteiger partial charge in [0.25, 0.3) is 0 Å². The first-order valence-corrected chi connectivity index (χ1v) is 35.4. The first-order valence-electron chi connectivity index (χ1n) is 35.4. The topological polar surface area (TPSA) is 78.9 Å². The molecule has 0 aromatic heterocycles. The van der Waals surface area contributed by atoms with E-state index in [2.05, 4.69) is 130 Å². The van der Waals surface area contributed by atoms with Crippen molar-refractivity contribution < 1.29 is 28.6 Å². The van der Waals surface area contributed by atoms with Gasteiger partial charge in [0.1, 0.15) is 13.2 Å². The SMILES string of the molecule is CC/C=C\C/C=C\C/C=C\C/C=C\CCCCC(=O)OCC(COC(=O)CCCCCCCCCCCCCCCC/C=C\C/C=C\C/C=C\CCCCCCC)OC(=O)CCCCCCCCCCC/C=C\C/C=C\CCCCCCC. The minimum absolute atomic E-state index is 0.0927. The van der Waals surface area contributed by atoms with Crippen molar-refractivity contribution >= 4 is 17.9 Å². The predicted octanol–water partition coefficient (Wildman–Crippen LogP) is 24.6. The average Bonchev–Trinajstić information content (AvgIpc) is 3.49. The Morgan fingerprint density at radius 1 is 0.253 bits per heavy atom. The summed E-state index contributed by atoms with van der Waals surface area (Å²) in [5.74, 6) is -0.929. The van der Waals surface area contributed by atoms with E-state index in [0.717, 1.165) is 103 Å². The maximum Gasteiger partial charge on any atom is 0.306 e. The molecule has 0 heterocycles. The number of rotatable bonds is 64. The maximum atomic E-state index is 13.0. The van der Waals surface area contributed by atoms with E-state index in [-0.39, 0.29) is 31.1 Å². The average molecular weight is 1150 g/mol. The van der Waals surface area contributed by atoms with E-state index < -0.39 is 6.10 Å². The lowest BCUT2D eigenvalue weighted by molar-refractivity contribution is -0.167. The van der Waals surface area contributed by atoms with Crippen molar-refractivity contribution in [2.45, 2.75) is 348 Å². The highest BCUT2D eigenvalue weighted by Crippen LogP contribution is 2.17. The van der Waals surface area contributed by atoms with Crippen LogP contribution in [0.3, 0.4) is 0 Å². The fourth-order valence-electron chi connectivity index (χ4n) is 9.94. The highest BCUT2D eigenvalue weighted by Gasteiger charge is 2.19. The number of ether oxygens (including phenoxy) is 3. The molecule has 0 aromatic carbocycles. The second-order valence-electron chi connectivity index (χ2n) is 23.4. The molecule has 0 saturated heterocycles. The molecular weight excluding hydrogens is 1020 g/mol. The van der Waals surface area contributed by atoms with E-state index in [4.69, 9.17) is 14.2 Å². The first kappa shape index (κ1) is 79.1. The molecule has 0 aromatic rings. The molecule has 0 bridgehead atoms. The van der Waals surface area contributed by atoms with Crippen LogP contribution in [0.25, 0.3) is 0 Å². The highest BCUT2D eigenvalue weighted by atomic mass is 16.6. The van der Waals surface area contributed by atoms with E-state index in [1.54, 1.807) is 0 Å². The van der Waals surface area contributed by atoms with Crippen LogP contribution < -0.4 is 0 Å². The molecule has 1 unspecified atom stereocenters. The molecule has 0 fully saturated rings. The van der Waals surface area contributed by atoms with Gasteiger partial charge in [0.2, 0.25) is 0 Å². The zero-order valence-electron chi connectivity index (χ0n) is 54.7. The fraction of sp³-hybridized carbons (Fsp3) is 0.727. The predicted molar refractivity (Wildman–Crippen MR) is 362 cm³/mol. The Balaban J connectivity index is 4.32. The third-order valence-electron chi connectivity index (χ3n) is 15.2. The number of unbranched alkanes of at least 4 members (excludes halogenated alkanes) is 35. The lowest BCUT2D eigenvalue weighted by atomic mass is 10.0. The first-order chi connectivity index (χ1) is 41.0. The molecule has 0 aliphatic rings. The van der Waals surface area contributed by atoms with Crippen molar-refractivity contribution in [2.75, 3.05) is 13.2 Å². The summed E-state index contributed by atoms with van der Waals surface area (Å²) in [5, 5.41) is 0. The van der Waals surface area contributed by atoms with Crippen molar-refractivity contribution in [3.63, 3.8) is 0 Å². The Bertz CT molecular complexity index is 1660. The van der Waals surface area contributed by atoms with E-state index in [1.165, 1.54) is 199 Å². The minimum atomic E-state index is -0.801. The van der Waals surface area contributed by atoms with Crippen LogP contribution in [0.15, 0.2) is 109 Å². The molecule has 0 amide bonds. The van der Waals surface area contributed by atoms with Crippen molar-refractivity contribution in [1.82, 2.24) is 0 Å². The molecule has 6 nitrogen and oxygen atoms in total. The Morgan fingerprint density at radius 2 is 0.470 bits per heavy atom. The van der Waals surface area contributed by atoms with Crippen molar-refractivity contribution in [1.29, 1.82) is 0 Å². The van der Waals surface area contributed by atoms with Crippen LogP contribution in [-0.4, -0.2) is 37.2 Å². The number of hydrogen-bond acceptors (Lipinski definition) is 6. The summed E-state index contributed by atoms with van der Waals surface area (Å²) >= 11 is 0. The van der Waals surface area contributed by atoms with Gasteiger partial charge in [-0.05, 0) is 128 Å². The lowest BCUT2D eigenvalue weighted by Crippen LogP contribution is -2.30. The Labute approximate surface area is 514 Å². The second kappa shape index (κ2) is 70.6. The Morgan fingerprint density at radius 3 is 0.759 bits per heavy atom. The van der Waals surface area contributed by atoms with Crippen LogP contribution in [0.4, 0.5) is 0 Å². The van der Waals surface area contributed by atoms with Crippen LogP contribution in [0, 0.1) is 0 Å². The van der Waals surface area contributed by atoms with Crippen molar-refractivity contribution in [2.24, 2.45) is 0 Å².